The lowest BCUT2D eigenvalue weighted by Gasteiger charge is -2.41. The van der Waals surface area contributed by atoms with E-state index in [0.29, 0.717) is 35.0 Å². The number of hydrogen-bond acceptors (Lipinski definition) is 6. The molecule has 2 aliphatic heterocycles. The van der Waals surface area contributed by atoms with Crippen LogP contribution < -0.4 is 19.3 Å². The molecule has 2 heterocycles. The summed E-state index contributed by atoms with van der Waals surface area (Å²) in [7, 11) is 5.76. The van der Waals surface area contributed by atoms with Gasteiger partial charge in [0.1, 0.15) is 0 Å². The molecule has 1 atom stereocenters. The molecule has 0 spiro atoms. The van der Waals surface area contributed by atoms with E-state index in [1.54, 1.807) is 7.11 Å². The van der Waals surface area contributed by atoms with E-state index in [2.05, 4.69) is 48.0 Å². The summed E-state index contributed by atoms with van der Waals surface area (Å²) in [6.45, 7) is 9.61. The van der Waals surface area contributed by atoms with Crippen molar-refractivity contribution in [2.75, 3.05) is 57.2 Å². The molecule has 0 N–H and O–H groups in total. The maximum atomic E-state index is 14.4. The maximum absolute atomic E-state index is 14.4. The second kappa shape index (κ2) is 16.9. The Morgan fingerprint density at radius 2 is 1.67 bits per heavy atom. The van der Waals surface area contributed by atoms with Gasteiger partial charge in [-0.25, -0.2) is 0 Å². The molecule has 2 fully saturated rings. The molecule has 52 heavy (non-hydrogen) atoms. The fourth-order valence-electron chi connectivity index (χ4n) is 8.39. The van der Waals surface area contributed by atoms with Crippen LogP contribution in [0.5, 0.6) is 11.5 Å². The predicted octanol–water partition coefficient (Wildman–Crippen LogP) is 8.32. The second-order valence-electron chi connectivity index (χ2n) is 15.4. The molecule has 2 amide bonds. The van der Waals surface area contributed by atoms with Crippen LogP contribution in [0.15, 0.2) is 54.6 Å². The number of carbonyl (C=O) groups is 2. The Hall–Kier alpha value is -3.75. The normalized spacial score (nSPS) is 21.0. The molecule has 3 aromatic rings. The van der Waals surface area contributed by atoms with E-state index < -0.39 is 0 Å². The van der Waals surface area contributed by atoms with Crippen molar-refractivity contribution in [1.29, 1.82) is 0 Å². The van der Waals surface area contributed by atoms with Gasteiger partial charge in [0.15, 0.2) is 11.5 Å². The van der Waals surface area contributed by atoms with Crippen LogP contribution in [0.1, 0.15) is 94.0 Å². The van der Waals surface area contributed by atoms with Gasteiger partial charge in [-0.2, -0.15) is 0 Å². The molecule has 1 saturated heterocycles. The number of rotatable bonds is 13. The number of methoxy groups -OCH3 is 1. The first-order valence-corrected chi connectivity index (χ1v) is 19.7. The van der Waals surface area contributed by atoms with Crippen molar-refractivity contribution in [3.63, 3.8) is 0 Å². The molecule has 0 radical (unpaired) electrons. The van der Waals surface area contributed by atoms with Crippen molar-refractivity contribution in [2.45, 2.75) is 96.7 Å². The Morgan fingerprint density at radius 1 is 0.923 bits per heavy atom. The number of likely N-dealkylation sites (N-methyl/N-ethyl adjacent to an activating group) is 1. The third-order valence-electron chi connectivity index (χ3n) is 11.3. The number of aryl methyl sites for hydroxylation is 1. The summed E-state index contributed by atoms with van der Waals surface area (Å²) in [6, 6.07) is 18.8. The van der Waals surface area contributed by atoms with Gasteiger partial charge >= 0.3 is 0 Å². The van der Waals surface area contributed by atoms with E-state index in [4.69, 9.17) is 21.1 Å². The van der Waals surface area contributed by atoms with Crippen LogP contribution in [0.2, 0.25) is 5.02 Å². The number of unbranched alkanes of at least 4 members (excludes halogenated alkanes) is 2. The molecule has 8 nitrogen and oxygen atoms in total. The van der Waals surface area contributed by atoms with E-state index >= 15 is 0 Å². The largest absolute Gasteiger partial charge is 0.493 e. The molecular formula is C43H57ClN4O4. The first kappa shape index (κ1) is 38.0. The number of hydrogen-bond donors (Lipinski definition) is 0. The van der Waals surface area contributed by atoms with E-state index in [1.165, 1.54) is 24.1 Å². The maximum Gasteiger partial charge on any atom is 0.236 e. The minimum absolute atomic E-state index is 0.0328. The molecule has 0 aromatic heterocycles. The Morgan fingerprint density at radius 3 is 2.35 bits per heavy atom. The smallest absolute Gasteiger partial charge is 0.236 e. The van der Waals surface area contributed by atoms with Gasteiger partial charge in [-0.15, -0.1) is 0 Å². The highest BCUT2D eigenvalue weighted by molar-refractivity contribution is 6.30. The zero-order chi connectivity index (χ0) is 36.9. The number of halogens is 1. The van der Waals surface area contributed by atoms with Crippen LogP contribution in [-0.4, -0.2) is 81.1 Å². The first-order chi connectivity index (χ1) is 25.1. The topological polar surface area (TPSA) is 65.6 Å². The predicted molar refractivity (Wildman–Crippen MR) is 211 cm³/mol. The summed E-state index contributed by atoms with van der Waals surface area (Å²) in [4.78, 5) is 35.4. The standard InChI is InChI=1S/C43H57ClN4O4/c1-7-8-9-10-32-23-36(46(5)27-30-11-17-35(18-12-30)47-22-21-45(4)42(50)28-47)19-20-38(32)48-41(49)25-33-24-39(51-6)40(52-29(2)3)26-37(33)43(48)31-13-15-34(44)16-14-31/h13-16,19-20,23-24,26,29-30,35,43H,7-12,17-18,21-22,25,27-28H2,1-6H3/t30?,35?,43-/m0/s1. The minimum Gasteiger partial charge on any atom is -0.493 e. The van der Waals surface area contributed by atoms with Gasteiger partial charge < -0.3 is 24.2 Å². The summed E-state index contributed by atoms with van der Waals surface area (Å²) < 4.78 is 12.0. The highest BCUT2D eigenvalue weighted by Gasteiger charge is 2.37. The van der Waals surface area contributed by atoms with Gasteiger partial charge in [-0.1, -0.05) is 43.5 Å². The lowest BCUT2D eigenvalue weighted by atomic mass is 9.84. The lowest BCUT2D eigenvalue weighted by molar-refractivity contribution is -0.135. The molecule has 9 heteroatoms. The molecular weight excluding hydrogens is 672 g/mol. The number of ether oxygens (including phenoxy) is 2. The van der Waals surface area contributed by atoms with Crippen molar-refractivity contribution < 1.29 is 19.1 Å². The fraction of sp³-hybridized carbons (Fsp3) is 0.535. The zero-order valence-electron chi connectivity index (χ0n) is 32.0. The van der Waals surface area contributed by atoms with E-state index in [-0.39, 0.29) is 30.4 Å². The average molecular weight is 729 g/mol. The Bertz CT molecular complexity index is 1700. The summed E-state index contributed by atoms with van der Waals surface area (Å²) in [6.07, 6.45) is 9.11. The number of nitrogens with zero attached hydrogens (tertiary/aromatic N) is 4. The number of piperazine rings is 1. The Kier molecular flexibility index (Phi) is 12.4. The zero-order valence-corrected chi connectivity index (χ0v) is 32.8. The van der Waals surface area contributed by atoms with Crippen molar-refractivity contribution in [3.05, 3.63) is 81.9 Å². The monoisotopic (exact) mass is 728 g/mol. The lowest BCUT2D eigenvalue weighted by Crippen LogP contribution is -2.53. The summed E-state index contributed by atoms with van der Waals surface area (Å²) in [5.41, 5.74) is 6.34. The van der Waals surface area contributed by atoms with Crippen LogP contribution in [0.4, 0.5) is 11.4 Å². The van der Waals surface area contributed by atoms with Gasteiger partial charge in [-0.3, -0.25) is 14.5 Å². The van der Waals surface area contributed by atoms with Crippen molar-refractivity contribution in [1.82, 2.24) is 9.80 Å². The SMILES string of the molecule is CCCCCc1cc(N(C)CC2CCC(N3CCN(C)C(=O)C3)CC2)ccc1N1C(=O)Cc2cc(OC)c(OC(C)C)cc2[C@@H]1c1ccc(Cl)cc1. The fourth-order valence-corrected chi connectivity index (χ4v) is 8.52. The number of fused-ring (bicyclic) bond motifs is 1. The highest BCUT2D eigenvalue weighted by atomic mass is 35.5. The first-order valence-electron chi connectivity index (χ1n) is 19.3. The average Bonchev–Trinajstić information content (AvgIpc) is 3.13. The molecule has 0 unspecified atom stereocenters. The Balaban J connectivity index is 1.29. The van der Waals surface area contributed by atoms with E-state index in [9.17, 15) is 9.59 Å². The minimum atomic E-state index is -0.353. The molecule has 1 saturated carbocycles. The van der Waals surface area contributed by atoms with Crippen molar-refractivity contribution >= 4 is 34.8 Å². The number of anilines is 2. The van der Waals surface area contributed by atoms with Gasteiger partial charge in [0, 0.05) is 56.2 Å². The van der Waals surface area contributed by atoms with Crippen LogP contribution >= 0.6 is 11.6 Å². The van der Waals surface area contributed by atoms with E-state index in [1.807, 2.05) is 61.0 Å². The van der Waals surface area contributed by atoms with Gasteiger partial charge in [0.25, 0.3) is 0 Å². The van der Waals surface area contributed by atoms with Gasteiger partial charge in [0.05, 0.1) is 32.2 Å². The van der Waals surface area contributed by atoms with E-state index in [0.717, 1.165) is 80.5 Å². The molecule has 0 bridgehead atoms. The number of carbonyl (C=O) groups excluding carboxylic acids is 2. The molecule has 280 valence electrons. The highest BCUT2D eigenvalue weighted by Crippen LogP contribution is 2.45. The third-order valence-corrected chi connectivity index (χ3v) is 11.6. The third kappa shape index (κ3) is 8.55. The quantitative estimate of drug-likeness (QED) is 0.165. The van der Waals surface area contributed by atoms with Crippen LogP contribution in [-0.2, 0) is 22.4 Å². The Labute approximate surface area is 316 Å². The second-order valence-corrected chi connectivity index (χ2v) is 15.8. The molecule has 6 rings (SSSR count). The molecule has 3 aromatic carbocycles. The van der Waals surface area contributed by atoms with Crippen molar-refractivity contribution in [2.24, 2.45) is 5.92 Å². The van der Waals surface area contributed by atoms with Crippen molar-refractivity contribution in [3.8, 4) is 11.5 Å². The van der Waals surface area contributed by atoms with Crippen LogP contribution in [0.3, 0.4) is 0 Å². The summed E-state index contributed by atoms with van der Waals surface area (Å²) in [5, 5.41) is 0.659. The van der Waals surface area contributed by atoms with Crippen LogP contribution in [0.25, 0.3) is 0 Å². The number of benzene rings is 3. The molecule has 3 aliphatic rings. The molecule has 1 aliphatic carbocycles. The summed E-state index contributed by atoms with van der Waals surface area (Å²) in [5.74, 6) is 2.23. The van der Waals surface area contributed by atoms with Gasteiger partial charge in [0.2, 0.25) is 11.8 Å². The summed E-state index contributed by atoms with van der Waals surface area (Å²) >= 11 is 6.38. The van der Waals surface area contributed by atoms with Gasteiger partial charge in [-0.05, 0) is 123 Å². The number of amides is 2. The van der Waals surface area contributed by atoms with Crippen LogP contribution in [0, 0.1) is 5.92 Å².